The molecule has 100 valence electrons. The highest BCUT2D eigenvalue weighted by Crippen LogP contribution is 2.24. The molecule has 0 fully saturated rings. The van der Waals surface area contributed by atoms with Crippen LogP contribution in [0.1, 0.15) is 15.2 Å². The average molecular weight is 348 g/mol. The fourth-order valence-electron chi connectivity index (χ4n) is 1.36. The maximum Gasteiger partial charge on any atom is 0.341 e. The molecule has 1 heterocycles. The molecule has 2 N–H and O–H groups in total. The van der Waals surface area contributed by atoms with Gasteiger partial charge in [0.2, 0.25) is 0 Å². The van der Waals surface area contributed by atoms with E-state index >= 15 is 0 Å². The second-order valence-electron chi connectivity index (χ2n) is 3.62. The topological polar surface area (TPSA) is 52.3 Å². The highest BCUT2D eigenvalue weighted by atomic mass is 79.9. The lowest BCUT2D eigenvalue weighted by atomic mass is 10.2. The van der Waals surface area contributed by atoms with Gasteiger partial charge in [0.05, 0.1) is 16.1 Å². The SMILES string of the molecule is Nc1cc(F)c(C(=O)OCc2sccc2Br)cc1F. The normalized spacial score (nSPS) is 10.5. The van der Waals surface area contributed by atoms with E-state index in [1.54, 1.807) is 6.07 Å². The minimum absolute atomic E-state index is 0.0114. The smallest absolute Gasteiger partial charge is 0.341 e. The van der Waals surface area contributed by atoms with Crippen molar-refractivity contribution in [3.05, 3.63) is 50.1 Å². The fraction of sp³-hybridized carbons (Fsp3) is 0.0833. The summed E-state index contributed by atoms with van der Waals surface area (Å²) in [5.74, 6) is -2.70. The summed E-state index contributed by atoms with van der Waals surface area (Å²) in [6, 6.07) is 3.29. The summed E-state index contributed by atoms with van der Waals surface area (Å²) in [4.78, 5) is 12.4. The van der Waals surface area contributed by atoms with Crippen LogP contribution in [0.2, 0.25) is 0 Å². The Morgan fingerprint density at radius 1 is 1.37 bits per heavy atom. The predicted octanol–water partition coefficient (Wildman–Crippen LogP) is 3.73. The average Bonchev–Trinajstić information content (AvgIpc) is 2.76. The van der Waals surface area contributed by atoms with E-state index in [1.807, 2.05) is 5.38 Å². The van der Waals surface area contributed by atoms with Crippen molar-refractivity contribution >= 4 is 38.9 Å². The van der Waals surface area contributed by atoms with Gasteiger partial charge in [-0.3, -0.25) is 0 Å². The Kier molecular flexibility index (Phi) is 4.16. The van der Waals surface area contributed by atoms with Crippen LogP contribution >= 0.6 is 27.3 Å². The first kappa shape index (κ1) is 14.0. The number of nitrogen functional groups attached to an aromatic ring is 1. The number of ether oxygens (including phenoxy) is 1. The Bertz CT molecular complexity index is 630. The van der Waals surface area contributed by atoms with Crippen molar-refractivity contribution in [3.63, 3.8) is 0 Å². The number of anilines is 1. The molecule has 7 heteroatoms. The van der Waals surface area contributed by atoms with Gasteiger partial charge in [0.1, 0.15) is 18.2 Å². The minimum atomic E-state index is -0.934. The zero-order valence-corrected chi connectivity index (χ0v) is 11.9. The summed E-state index contributed by atoms with van der Waals surface area (Å²) in [5, 5.41) is 1.82. The Hall–Kier alpha value is -1.47. The molecule has 2 aromatic rings. The number of nitrogens with two attached hydrogens (primary N) is 1. The molecule has 1 aromatic heterocycles. The van der Waals surface area contributed by atoms with Crippen molar-refractivity contribution < 1.29 is 18.3 Å². The lowest BCUT2D eigenvalue weighted by Gasteiger charge is -2.06. The zero-order valence-electron chi connectivity index (χ0n) is 9.45. The molecule has 3 nitrogen and oxygen atoms in total. The van der Waals surface area contributed by atoms with Crippen LogP contribution in [0.15, 0.2) is 28.1 Å². The number of carbonyl (C=O) groups excluding carboxylic acids is 1. The molecule has 0 radical (unpaired) electrons. The highest BCUT2D eigenvalue weighted by Gasteiger charge is 2.17. The Labute approximate surface area is 120 Å². The fourth-order valence-corrected chi connectivity index (χ4v) is 2.73. The van der Waals surface area contributed by atoms with Gasteiger partial charge in [-0.1, -0.05) is 0 Å². The first-order chi connectivity index (χ1) is 8.99. The molecule has 0 bridgehead atoms. The minimum Gasteiger partial charge on any atom is -0.456 e. The van der Waals surface area contributed by atoms with Crippen LogP contribution in [0.4, 0.5) is 14.5 Å². The van der Waals surface area contributed by atoms with Gasteiger partial charge in [-0.25, -0.2) is 13.6 Å². The number of thiophene rings is 1. The van der Waals surface area contributed by atoms with E-state index in [2.05, 4.69) is 15.9 Å². The van der Waals surface area contributed by atoms with Gasteiger partial charge >= 0.3 is 5.97 Å². The summed E-state index contributed by atoms with van der Waals surface area (Å²) in [5.41, 5.74) is 4.36. The Morgan fingerprint density at radius 2 is 2.11 bits per heavy atom. The van der Waals surface area contributed by atoms with Crippen molar-refractivity contribution in [2.45, 2.75) is 6.61 Å². The first-order valence-corrected chi connectivity index (χ1v) is 6.80. The van der Waals surface area contributed by atoms with Crippen LogP contribution in [0.5, 0.6) is 0 Å². The van der Waals surface area contributed by atoms with Crippen molar-refractivity contribution in [1.82, 2.24) is 0 Å². The van der Waals surface area contributed by atoms with E-state index in [0.29, 0.717) is 0 Å². The van der Waals surface area contributed by atoms with E-state index < -0.39 is 23.2 Å². The number of hydrogen-bond acceptors (Lipinski definition) is 4. The third-order valence-electron chi connectivity index (χ3n) is 2.33. The Morgan fingerprint density at radius 3 is 2.74 bits per heavy atom. The number of carbonyl (C=O) groups is 1. The number of rotatable bonds is 3. The van der Waals surface area contributed by atoms with Gasteiger partial charge in [0.25, 0.3) is 0 Å². The van der Waals surface area contributed by atoms with Crippen molar-refractivity contribution in [1.29, 1.82) is 0 Å². The quantitative estimate of drug-likeness (QED) is 0.679. The zero-order chi connectivity index (χ0) is 14.0. The van der Waals surface area contributed by atoms with Gasteiger partial charge < -0.3 is 10.5 Å². The van der Waals surface area contributed by atoms with Gasteiger partial charge in [-0.05, 0) is 33.4 Å². The molecule has 0 aliphatic heterocycles. The summed E-state index contributed by atoms with van der Waals surface area (Å²) < 4.78 is 32.4. The molecule has 0 unspecified atom stereocenters. The third kappa shape index (κ3) is 3.10. The van der Waals surface area contributed by atoms with Crippen molar-refractivity contribution in [3.8, 4) is 0 Å². The molecule has 2 rings (SSSR count). The first-order valence-electron chi connectivity index (χ1n) is 5.12. The van der Waals surface area contributed by atoms with E-state index in [-0.39, 0.29) is 12.3 Å². The molecule has 0 saturated carbocycles. The van der Waals surface area contributed by atoms with E-state index in [0.717, 1.165) is 21.5 Å². The molecular formula is C12H8BrF2NO2S. The lowest BCUT2D eigenvalue weighted by molar-refractivity contribution is 0.0470. The van der Waals surface area contributed by atoms with E-state index in [9.17, 15) is 13.6 Å². The third-order valence-corrected chi connectivity index (χ3v) is 4.23. The van der Waals surface area contributed by atoms with Crippen LogP contribution < -0.4 is 5.73 Å². The molecule has 0 spiro atoms. The maximum absolute atomic E-state index is 13.5. The molecule has 19 heavy (non-hydrogen) atoms. The summed E-state index contributed by atoms with van der Waals surface area (Å²) in [7, 11) is 0. The highest BCUT2D eigenvalue weighted by molar-refractivity contribution is 9.10. The van der Waals surface area contributed by atoms with Crippen molar-refractivity contribution in [2.24, 2.45) is 0 Å². The molecule has 1 aromatic carbocycles. The number of esters is 1. The van der Waals surface area contributed by atoms with Crippen LogP contribution in [0.25, 0.3) is 0 Å². The molecule has 0 atom stereocenters. The molecule has 0 saturated heterocycles. The maximum atomic E-state index is 13.5. The van der Waals surface area contributed by atoms with Crippen LogP contribution in [-0.2, 0) is 11.3 Å². The molecular weight excluding hydrogens is 340 g/mol. The largest absolute Gasteiger partial charge is 0.456 e. The second kappa shape index (κ2) is 5.66. The molecule has 0 aliphatic rings. The standard InChI is InChI=1S/C12H8BrF2NO2S/c13-7-1-2-19-11(7)5-18-12(17)6-3-9(15)10(16)4-8(6)14/h1-4H,5,16H2. The van der Waals surface area contributed by atoms with Crippen molar-refractivity contribution in [2.75, 3.05) is 5.73 Å². The van der Waals surface area contributed by atoms with Gasteiger partial charge in [-0.15, -0.1) is 11.3 Å². The summed E-state index contributed by atoms with van der Waals surface area (Å²) in [6.45, 7) is -0.0114. The second-order valence-corrected chi connectivity index (χ2v) is 5.48. The van der Waals surface area contributed by atoms with E-state index in [4.69, 9.17) is 10.5 Å². The van der Waals surface area contributed by atoms with Crippen LogP contribution in [-0.4, -0.2) is 5.97 Å². The predicted molar refractivity (Wildman–Crippen MR) is 71.9 cm³/mol. The van der Waals surface area contributed by atoms with Gasteiger partial charge in [0, 0.05) is 10.5 Å². The summed E-state index contributed by atoms with van der Waals surface area (Å²) >= 11 is 4.66. The van der Waals surface area contributed by atoms with Gasteiger partial charge in [-0.2, -0.15) is 0 Å². The van der Waals surface area contributed by atoms with Crippen LogP contribution in [0, 0.1) is 11.6 Å². The van der Waals surface area contributed by atoms with Crippen LogP contribution in [0.3, 0.4) is 0 Å². The lowest BCUT2D eigenvalue weighted by Crippen LogP contribution is -2.09. The van der Waals surface area contributed by atoms with E-state index in [1.165, 1.54) is 11.3 Å². The molecule has 0 amide bonds. The monoisotopic (exact) mass is 347 g/mol. The Balaban J connectivity index is 2.12. The number of hydrogen-bond donors (Lipinski definition) is 1. The van der Waals surface area contributed by atoms with Gasteiger partial charge in [0.15, 0.2) is 0 Å². The number of halogens is 3. The molecule has 0 aliphatic carbocycles. The number of benzene rings is 1. The summed E-state index contributed by atoms with van der Waals surface area (Å²) in [6.07, 6.45) is 0.